The van der Waals surface area contributed by atoms with Gasteiger partial charge in [0.25, 0.3) is 0 Å². The lowest BCUT2D eigenvalue weighted by atomic mass is 10.00. The molecule has 0 aliphatic heterocycles. The van der Waals surface area contributed by atoms with Gasteiger partial charge in [0.2, 0.25) is 0 Å². The van der Waals surface area contributed by atoms with Crippen LogP contribution in [0.15, 0.2) is 45.3 Å². The summed E-state index contributed by atoms with van der Waals surface area (Å²) in [5.74, 6) is 0.856. The minimum Gasteiger partial charge on any atom is -0.492 e. The van der Waals surface area contributed by atoms with Crippen LogP contribution in [0.3, 0.4) is 0 Å². The topological polar surface area (TPSA) is 35.2 Å². The van der Waals surface area contributed by atoms with Crippen LogP contribution in [0, 0.1) is 3.57 Å². The quantitative estimate of drug-likeness (QED) is 0.513. The molecule has 0 saturated carbocycles. The van der Waals surface area contributed by atoms with Crippen molar-refractivity contribution in [3.63, 3.8) is 0 Å². The number of halogens is 3. The molecule has 2 N–H and O–H groups in total. The van der Waals surface area contributed by atoms with Gasteiger partial charge in [-0.05, 0) is 86.4 Å². The van der Waals surface area contributed by atoms with Crippen LogP contribution in [0.4, 0.5) is 0 Å². The van der Waals surface area contributed by atoms with Crippen molar-refractivity contribution in [1.82, 2.24) is 0 Å². The number of ether oxygens (including phenoxy) is 1. The van der Waals surface area contributed by atoms with Crippen LogP contribution in [-0.2, 0) is 0 Å². The Morgan fingerprint density at radius 1 is 1.14 bits per heavy atom. The van der Waals surface area contributed by atoms with Gasteiger partial charge in [-0.15, -0.1) is 0 Å². The molecule has 0 heterocycles. The molecule has 1 unspecified atom stereocenters. The summed E-state index contributed by atoms with van der Waals surface area (Å²) in [6, 6.07) is 12.0. The first-order chi connectivity index (χ1) is 10.0. The molecule has 5 heteroatoms. The Labute approximate surface area is 155 Å². The fourth-order valence-electron chi connectivity index (χ4n) is 1.97. The van der Waals surface area contributed by atoms with Crippen LogP contribution in [0.5, 0.6) is 5.75 Å². The summed E-state index contributed by atoms with van der Waals surface area (Å²) in [7, 11) is 0. The molecule has 2 nitrogen and oxygen atoms in total. The highest BCUT2D eigenvalue weighted by molar-refractivity contribution is 14.1. The molecule has 0 aliphatic carbocycles. The summed E-state index contributed by atoms with van der Waals surface area (Å²) in [4.78, 5) is 0. The molecule has 0 radical (unpaired) electrons. The predicted molar refractivity (Wildman–Crippen MR) is 103 cm³/mol. The van der Waals surface area contributed by atoms with E-state index < -0.39 is 0 Å². The maximum Gasteiger partial charge on any atom is 0.133 e. The summed E-state index contributed by atoms with van der Waals surface area (Å²) >= 11 is 9.43. The second kappa shape index (κ2) is 7.94. The highest BCUT2D eigenvalue weighted by Gasteiger charge is 2.14. The SMILES string of the molecule is CCCOc1ccc(C(N)c2cc(I)ccc2Br)cc1Br. The molecule has 112 valence electrons. The van der Waals surface area contributed by atoms with Crippen molar-refractivity contribution in [3.8, 4) is 5.75 Å². The van der Waals surface area contributed by atoms with Gasteiger partial charge in [-0.3, -0.25) is 0 Å². The number of hydrogen-bond donors (Lipinski definition) is 1. The van der Waals surface area contributed by atoms with E-state index in [-0.39, 0.29) is 6.04 Å². The van der Waals surface area contributed by atoms with E-state index in [2.05, 4.69) is 73.5 Å². The zero-order valence-corrected chi connectivity index (χ0v) is 16.9. The maximum atomic E-state index is 6.41. The lowest BCUT2D eigenvalue weighted by molar-refractivity contribution is 0.315. The fourth-order valence-corrected chi connectivity index (χ4v) is 3.49. The normalized spacial score (nSPS) is 12.2. The van der Waals surface area contributed by atoms with Gasteiger partial charge in [-0.25, -0.2) is 0 Å². The van der Waals surface area contributed by atoms with Crippen LogP contribution >= 0.6 is 54.5 Å². The molecule has 1 atom stereocenters. The third kappa shape index (κ3) is 4.43. The van der Waals surface area contributed by atoms with E-state index in [0.29, 0.717) is 6.61 Å². The Bertz CT molecular complexity index is 634. The summed E-state index contributed by atoms with van der Waals surface area (Å²) < 4.78 is 8.80. The molecule has 21 heavy (non-hydrogen) atoms. The molecule has 2 rings (SSSR count). The second-order valence-electron chi connectivity index (χ2n) is 4.68. The van der Waals surface area contributed by atoms with E-state index >= 15 is 0 Å². The Kier molecular flexibility index (Phi) is 6.52. The van der Waals surface area contributed by atoms with Crippen LogP contribution in [0.2, 0.25) is 0 Å². The first-order valence-corrected chi connectivity index (χ1v) is 9.32. The molecule has 0 aromatic heterocycles. The van der Waals surface area contributed by atoms with Gasteiger partial charge in [-0.1, -0.05) is 28.9 Å². The van der Waals surface area contributed by atoms with Gasteiger partial charge < -0.3 is 10.5 Å². The van der Waals surface area contributed by atoms with Crippen molar-refractivity contribution in [3.05, 3.63) is 60.0 Å². The van der Waals surface area contributed by atoms with Gasteiger partial charge in [0.15, 0.2) is 0 Å². The smallest absolute Gasteiger partial charge is 0.133 e. The molecule has 0 spiro atoms. The van der Waals surface area contributed by atoms with Crippen molar-refractivity contribution in [2.24, 2.45) is 5.73 Å². The minimum absolute atomic E-state index is 0.175. The Hall–Kier alpha value is -0.110. The van der Waals surface area contributed by atoms with E-state index in [9.17, 15) is 0 Å². The number of rotatable bonds is 5. The Morgan fingerprint density at radius 3 is 2.57 bits per heavy atom. The molecule has 2 aromatic rings. The first-order valence-electron chi connectivity index (χ1n) is 6.65. The molecule has 0 saturated heterocycles. The van der Waals surface area contributed by atoms with E-state index in [1.165, 1.54) is 3.57 Å². The second-order valence-corrected chi connectivity index (χ2v) is 7.64. The lowest BCUT2D eigenvalue weighted by Crippen LogP contribution is -2.13. The first kappa shape index (κ1) is 17.2. The Balaban J connectivity index is 2.29. The summed E-state index contributed by atoms with van der Waals surface area (Å²) in [6.45, 7) is 2.80. The molecule has 2 aromatic carbocycles. The largest absolute Gasteiger partial charge is 0.492 e. The molecule has 0 aliphatic rings. The maximum absolute atomic E-state index is 6.41. The third-order valence-electron chi connectivity index (χ3n) is 3.07. The molecular weight excluding hydrogens is 509 g/mol. The van der Waals surface area contributed by atoms with Gasteiger partial charge in [0, 0.05) is 8.04 Å². The van der Waals surface area contributed by atoms with Crippen LogP contribution < -0.4 is 10.5 Å². The molecule has 0 bridgehead atoms. The highest BCUT2D eigenvalue weighted by Crippen LogP contribution is 2.33. The van der Waals surface area contributed by atoms with E-state index in [1.807, 2.05) is 24.3 Å². The zero-order valence-electron chi connectivity index (χ0n) is 11.6. The van der Waals surface area contributed by atoms with Crippen LogP contribution in [0.25, 0.3) is 0 Å². The van der Waals surface area contributed by atoms with Gasteiger partial charge in [0.05, 0.1) is 17.1 Å². The van der Waals surface area contributed by atoms with E-state index in [0.717, 1.165) is 32.2 Å². The van der Waals surface area contributed by atoms with Crippen molar-refractivity contribution >= 4 is 54.5 Å². The lowest BCUT2D eigenvalue weighted by Gasteiger charge is -2.16. The van der Waals surface area contributed by atoms with Gasteiger partial charge in [0.1, 0.15) is 5.75 Å². The molecule has 0 amide bonds. The highest BCUT2D eigenvalue weighted by atomic mass is 127. The number of hydrogen-bond acceptors (Lipinski definition) is 2. The van der Waals surface area contributed by atoms with Crippen molar-refractivity contribution in [2.45, 2.75) is 19.4 Å². The minimum atomic E-state index is -0.175. The fraction of sp³-hybridized carbons (Fsp3) is 0.250. The van der Waals surface area contributed by atoms with Crippen molar-refractivity contribution < 1.29 is 4.74 Å². The van der Waals surface area contributed by atoms with E-state index in [1.54, 1.807) is 0 Å². The monoisotopic (exact) mass is 523 g/mol. The standard InChI is InChI=1S/C16H16Br2INO/c1-2-7-21-15-6-3-10(8-14(15)18)16(20)12-9-11(19)4-5-13(12)17/h3-6,8-9,16H,2,7,20H2,1H3. The summed E-state index contributed by atoms with van der Waals surface area (Å²) in [6.07, 6.45) is 0.989. The average molecular weight is 525 g/mol. The van der Waals surface area contributed by atoms with Gasteiger partial charge >= 0.3 is 0 Å². The van der Waals surface area contributed by atoms with Crippen LogP contribution in [-0.4, -0.2) is 6.61 Å². The molecular formula is C16H16Br2INO. The van der Waals surface area contributed by atoms with Crippen molar-refractivity contribution in [2.75, 3.05) is 6.61 Å². The molecule has 0 fully saturated rings. The Morgan fingerprint density at radius 2 is 1.90 bits per heavy atom. The van der Waals surface area contributed by atoms with Crippen LogP contribution in [0.1, 0.15) is 30.5 Å². The van der Waals surface area contributed by atoms with Crippen molar-refractivity contribution in [1.29, 1.82) is 0 Å². The third-order valence-corrected chi connectivity index (χ3v) is 5.08. The zero-order chi connectivity index (χ0) is 15.4. The average Bonchev–Trinajstić information content (AvgIpc) is 2.47. The summed E-state index contributed by atoms with van der Waals surface area (Å²) in [5.41, 5.74) is 8.54. The number of nitrogens with two attached hydrogens (primary N) is 1. The summed E-state index contributed by atoms with van der Waals surface area (Å²) in [5, 5.41) is 0. The van der Waals surface area contributed by atoms with E-state index in [4.69, 9.17) is 10.5 Å². The number of benzene rings is 2. The van der Waals surface area contributed by atoms with Gasteiger partial charge in [-0.2, -0.15) is 0 Å². The predicted octanol–water partition coefficient (Wildman–Crippen LogP) is 5.65.